The van der Waals surface area contributed by atoms with Crippen LogP contribution in [0.5, 0.6) is 0 Å². The molecular weight excluding hydrogens is 385 g/mol. The molecule has 0 aromatic heterocycles. The fourth-order valence-corrected chi connectivity index (χ4v) is 3.67. The lowest BCUT2D eigenvalue weighted by Crippen LogP contribution is -2.39. The molecule has 1 saturated heterocycles. The Balaban J connectivity index is 1.62. The van der Waals surface area contributed by atoms with Crippen LogP contribution in [0.1, 0.15) is 23.1 Å². The zero-order valence-corrected chi connectivity index (χ0v) is 17.7. The molecule has 1 fully saturated rings. The molecule has 30 heavy (non-hydrogen) atoms. The molecule has 0 unspecified atom stereocenters. The molecule has 0 saturated carbocycles. The zero-order chi connectivity index (χ0) is 22.0. The number of hydrogen-bond donors (Lipinski definition) is 1. The number of para-hydroxylation sites is 1. The van der Waals surface area contributed by atoms with Gasteiger partial charge >= 0.3 is 0 Å². The highest BCUT2D eigenvalue weighted by atomic mass is 19.1. The number of nitrogens with zero attached hydrogens (tertiary/aromatic N) is 2. The lowest BCUT2D eigenvalue weighted by atomic mass is 10.1. The Morgan fingerprint density at radius 1 is 1.13 bits per heavy atom. The third-order valence-corrected chi connectivity index (χ3v) is 5.44. The second-order valence-electron chi connectivity index (χ2n) is 7.85. The van der Waals surface area contributed by atoms with E-state index in [9.17, 15) is 18.8 Å². The molecule has 1 atom stereocenters. The van der Waals surface area contributed by atoms with Crippen molar-refractivity contribution in [3.05, 3.63) is 58.9 Å². The minimum absolute atomic E-state index is 0.0389. The van der Waals surface area contributed by atoms with Gasteiger partial charge in [-0.3, -0.25) is 14.4 Å². The molecule has 6 nitrogen and oxygen atoms in total. The summed E-state index contributed by atoms with van der Waals surface area (Å²) in [5, 5.41) is 2.86. The maximum Gasteiger partial charge on any atom is 0.243 e. The Labute approximate surface area is 175 Å². The van der Waals surface area contributed by atoms with Crippen molar-refractivity contribution < 1.29 is 18.8 Å². The van der Waals surface area contributed by atoms with Gasteiger partial charge in [0.25, 0.3) is 0 Å². The molecule has 0 spiro atoms. The van der Waals surface area contributed by atoms with Gasteiger partial charge in [0, 0.05) is 31.4 Å². The quantitative estimate of drug-likeness (QED) is 0.822. The fourth-order valence-electron chi connectivity index (χ4n) is 3.67. The normalized spacial score (nSPS) is 16.0. The monoisotopic (exact) mass is 411 g/mol. The fraction of sp³-hybridized carbons (Fsp3) is 0.348. The van der Waals surface area contributed by atoms with Crippen LogP contribution in [0.25, 0.3) is 0 Å². The predicted molar refractivity (Wildman–Crippen MR) is 114 cm³/mol. The van der Waals surface area contributed by atoms with Crippen molar-refractivity contribution in [2.75, 3.05) is 30.4 Å². The molecule has 0 radical (unpaired) electrons. The molecule has 2 aromatic rings. The van der Waals surface area contributed by atoms with Gasteiger partial charge in [0.2, 0.25) is 17.7 Å². The zero-order valence-electron chi connectivity index (χ0n) is 17.7. The molecule has 2 aromatic carbocycles. The van der Waals surface area contributed by atoms with Gasteiger partial charge in [-0.25, -0.2) is 4.39 Å². The van der Waals surface area contributed by atoms with Crippen molar-refractivity contribution in [1.82, 2.24) is 4.90 Å². The van der Waals surface area contributed by atoms with Crippen LogP contribution in [-0.2, 0) is 14.4 Å². The molecule has 158 valence electrons. The number of hydrogen-bond acceptors (Lipinski definition) is 3. The van der Waals surface area contributed by atoms with Gasteiger partial charge in [0.1, 0.15) is 5.82 Å². The van der Waals surface area contributed by atoms with Crippen molar-refractivity contribution in [1.29, 1.82) is 0 Å². The highest BCUT2D eigenvalue weighted by Crippen LogP contribution is 2.27. The molecule has 1 aliphatic rings. The largest absolute Gasteiger partial charge is 0.336 e. The average molecular weight is 411 g/mol. The van der Waals surface area contributed by atoms with Crippen LogP contribution in [0.2, 0.25) is 0 Å². The van der Waals surface area contributed by atoms with Crippen molar-refractivity contribution in [3.63, 3.8) is 0 Å². The van der Waals surface area contributed by atoms with Crippen LogP contribution < -0.4 is 10.2 Å². The van der Waals surface area contributed by atoms with Crippen LogP contribution in [0, 0.1) is 32.5 Å². The summed E-state index contributed by atoms with van der Waals surface area (Å²) in [4.78, 5) is 40.4. The van der Waals surface area contributed by atoms with Crippen molar-refractivity contribution in [3.8, 4) is 0 Å². The van der Waals surface area contributed by atoms with Crippen molar-refractivity contribution >= 4 is 29.1 Å². The van der Waals surface area contributed by atoms with Gasteiger partial charge in [-0.2, -0.15) is 0 Å². The minimum Gasteiger partial charge on any atom is -0.336 e. The first kappa shape index (κ1) is 21.5. The lowest BCUT2D eigenvalue weighted by molar-refractivity contribution is -0.137. The van der Waals surface area contributed by atoms with E-state index in [0.717, 1.165) is 16.8 Å². The number of nitrogens with one attached hydrogen (secondary N) is 1. The SMILES string of the molecule is Cc1ccc(N2C[C@H](C(=O)N(C)CC(=O)Nc3c(C)cccc3C)CC2=O)cc1F. The highest BCUT2D eigenvalue weighted by molar-refractivity contribution is 6.01. The number of rotatable bonds is 5. The summed E-state index contributed by atoms with van der Waals surface area (Å²) in [6.07, 6.45) is 0.0389. The summed E-state index contributed by atoms with van der Waals surface area (Å²) in [5.41, 5.74) is 3.56. The Kier molecular flexibility index (Phi) is 6.20. The first-order valence-electron chi connectivity index (χ1n) is 9.85. The Hall–Kier alpha value is -3.22. The summed E-state index contributed by atoms with van der Waals surface area (Å²) in [6, 6.07) is 10.3. The van der Waals surface area contributed by atoms with Crippen LogP contribution in [-0.4, -0.2) is 42.8 Å². The first-order valence-corrected chi connectivity index (χ1v) is 9.85. The van der Waals surface area contributed by atoms with E-state index in [1.165, 1.54) is 15.9 Å². The molecule has 1 N–H and O–H groups in total. The van der Waals surface area contributed by atoms with Gasteiger partial charge in [-0.05, 0) is 49.6 Å². The number of anilines is 2. The van der Waals surface area contributed by atoms with E-state index in [-0.39, 0.29) is 37.2 Å². The molecule has 0 bridgehead atoms. The van der Waals surface area contributed by atoms with E-state index >= 15 is 0 Å². The third-order valence-electron chi connectivity index (χ3n) is 5.44. The van der Waals surface area contributed by atoms with E-state index in [2.05, 4.69) is 5.32 Å². The maximum atomic E-state index is 13.9. The van der Waals surface area contributed by atoms with E-state index in [4.69, 9.17) is 0 Å². The van der Waals surface area contributed by atoms with Crippen LogP contribution in [0.15, 0.2) is 36.4 Å². The number of carbonyl (C=O) groups is 3. The highest BCUT2D eigenvalue weighted by Gasteiger charge is 2.37. The molecule has 1 aliphatic heterocycles. The van der Waals surface area contributed by atoms with E-state index in [1.54, 1.807) is 26.1 Å². The number of benzene rings is 2. The second kappa shape index (κ2) is 8.65. The van der Waals surface area contributed by atoms with Crippen LogP contribution in [0.3, 0.4) is 0 Å². The van der Waals surface area contributed by atoms with Gasteiger partial charge in [0.15, 0.2) is 0 Å². The molecule has 3 rings (SSSR count). The van der Waals surface area contributed by atoms with Gasteiger partial charge in [0.05, 0.1) is 12.5 Å². The summed E-state index contributed by atoms with van der Waals surface area (Å²) in [5.74, 6) is -1.78. The van der Waals surface area contributed by atoms with Gasteiger partial charge in [-0.1, -0.05) is 24.3 Å². The summed E-state index contributed by atoms with van der Waals surface area (Å²) >= 11 is 0. The Bertz CT molecular complexity index is 985. The second-order valence-corrected chi connectivity index (χ2v) is 7.85. The summed E-state index contributed by atoms with van der Waals surface area (Å²) in [6.45, 7) is 5.52. The minimum atomic E-state index is -0.570. The number of likely N-dealkylation sites (N-methyl/N-ethyl adjacent to an activating group) is 1. The van der Waals surface area contributed by atoms with Crippen molar-refractivity contribution in [2.24, 2.45) is 5.92 Å². The third kappa shape index (κ3) is 4.50. The predicted octanol–water partition coefficient (Wildman–Crippen LogP) is 3.20. The van der Waals surface area contributed by atoms with Crippen LogP contribution in [0.4, 0.5) is 15.8 Å². The van der Waals surface area contributed by atoms with Crippen molar-refractivity contribution in [2.45, 2.75) is 27.2 Å². The number of amides is 3. The molecule has 1 heterocycles. The summed E-state index contributed by atoms with van der Waals surface area (Å²) in [7, 11) is 1.55. The van der Waals surface area contributed by atoms with Crippen LogP contribution >= 0.6 is 0 Å². The number of halogens is 1. The van der Waals surface area contributed by atoms with Gasteiger partial charge < -0.3 is 15.1 Å². The molecule has 7 heteroatoms. The summed E-state index contributed by atoms with van der Waals surface area (Å²) < 4.78 is 13.9. The van der Waals surface area contributed by atoms with E-state index in [1.807, 2.05) is 32.0 Å². The molecule has 3 amide bonds. The Morgan fingerprint density at radius 2 is 1.80 bits per heavy atom. The maximum absolute atomic E-state index is 13.9. The van der Waals surface area contributed by atoms with Gasteiger partial charge in [-0.15, -0.1) is 0 Å². The van der Waals surface area contributed by atoms with E-state index < -0.39 is 11.7 Å². The standard InChI is InChI=1S/C23H26FN3O3/c1-14-8-9-18(11-19(14)24)27-12-17(10-21(27)29)23(30)26(4)13-20(28)25-22-15(2)6-5-7-16(22)3/h5-9,11,17H,10,12-13H2,1-4H3,(H,25,28)/t17-/m1/s1. The number of aryl methyl sites for hydroxylation is 3. The Morgan fingerprint density at radius 3 is 2.43 bits per heavy atom. The average Bonchev–Trinajstić information content (AvgIpc) is 3.08. The first-order chi connectivity index (χ1) is 14.2. The molecule has 0 aliphatic carbocycles. The van der Waals surface area contributed by atoms with E-state index in [0.29, 0.717) is 11.3 Å². The molecular formula is C23H26FN3O3. The lowest BCUT2D eigenvalue weighted by Gasteiger charge is -2.22. The topological polar surface area (TPSA) is 69.7 Å². The number of carbonyl (C=O) groups excluding carboxylic acids is 3. The smallest absolute Gasteiger partial charge is 0.243 e.